The lowest BCUT2D eigenvalue weighted by atomic mass is 10.2. The molecule has 96 valence electrons. The van der Waals surface area contributed by atoms with E-state index in [9.17, 15) is 0 Å². The first-order valence-electron chi connectivity index (χ1n) is 6.34. The van der Waals surface area contributed by atoms with Crippen molar-refractivity contribution in [1.29, 1.82) is 0 Å². The van der Waals surface area contributed by atoms with Gasteiger partial charge >= 0.3 is 0 Å². The van der Waals surface area contributed by atoms with Crippen molar-refractivity contribution in [3.8, 4) is 0 Å². The van der Waals surface area contributed by atoms with Gasteiger partial charge in [0.2, 0.25) is 0 Å². The predicted octanol–water partition coefficient (Wildman–Crippen LogP) is 3.26. The van der Waals surface area contributed by atoms with E-state index in [2.05, 4.69) is 43.4 Å². The van der Waals surface area contributed by atoms with E-state index in [0.717, 1.165) is 23.6 Å². The first-order valence-corrected chi connectivity index (χ1v) is 6.34. The summed E-state index contributed by atoms with van der Waals surface area (Å²) in [6.07, 6.45) is 0.905. The average Bonchev–Trinajstić information content (AvgIpc) is 2.87. The molecular formula is C15H20N2O. The molecule has 1 heterocycles. The molecule has 18 heavy (non-hydrogen) atoms. The van der Waals surface area contributed by atoms with E-state index in [1.54, 1.807) is 0 Å². The van der Waals surface area contributed by atoms with Crippen LogP contribution in [0.15, 0.2) is 40.8 Å². The van der Waals surface area contributed by atoms with Crippen LogP contribution < -0.4 is 11.1 Å². The van der Waals surface area contributed by atoms with Gasteiger partial charge in [0.15, 0.2) is 0 Å². The lowest BCUT2D eigenvalue weighted by Gasteiger charge is -2.16. The van der Waals surface area contributed by atoms with Crippen LogP contribution in [-0.4, -0.2) is 6.54 Å². The van der Waals surface area contributed by atoms with Gasteiger partial charge in [-0.2, -0.15) is 0 Å². The molecule has 0 spiro atoms. The van der Waals surface area contributed by atoms with Gasteiger partial charge in [0.1, 0.15) is 11.5 Å². The number of aryl methyl sites for hydroxylation is 2. The summed E-state index contributed by atoms with van der Waals surface area (Å²) in [5.41, 5.74) is 8.12. The minimum atomic E-state index is 0.0213. The quantitative estimate of drug-likeness (QED) is 0.848. The van der Waals surface area contributed by atoms with Crippen molar-refractivity contribution in [2.75, 3.05) is 11.9 Å². The summed E-state index contributed by atoms with van der Waals surface area (Å²) in [6.45, 7) is 4.66. The first-order chi connectivity index (χ1) is 8.72. The van der Waals surface area contributed by atoms with Gasteiger partial charge < -0.3 is 15.5 Å². The van der Waals surface area contributed by atoms with Crippen LogP contribution >= 0.6 is 0 Å². The van der Waals surface area contributed by atoms with Gasteiger partial charge in [-0.15, -0.1) is 0 Å². The molecular weight excluding hydrogens is 224 g/mol. The van der Waals surface area contributed by atoms with E-state index >= 15 is 0 Å². The lowest BCUT2D eigenvalue weighted by molar-refractivity contribution is 0.448. The molecule has 2 rings (SSSR count). The van der Waals surface area contributed by atoms with E-state index in [1.807, 2.05) is 12.1 Å². The zero-order valence-electron chi connectivity index (χ0n) is 10.9. The first kappa shape index (κ1) is 12.7. The van der Waals surface area contributed by atoms with E-state index in [-0.39, 0.29) is 6.04 Å². The molecule has 0 saturated carbocycles. The molecule has 1 unspecified atom stereocenters. The molecule has 0 saturated heterocycles. The number of rotatable bonds is 5. The third-order valence-electron chi connectivity index (χ3n) is 3.00. The van der Waals surface area contributed by atoms with Gasteiger partial charge in [0.05, 0.1) is 6.04 Å². The Morgan fingerprint density at radius 2 is 1.89 bits per heavy atom. The highest BCUT2D eigenvalue weighted by Gasteiger charge is 2.13. The van der Waals surface area contributed by atoms with Crippen LogP contribution in [0.4, 0.5) is 5.69 Å². The Hall–Kier alpha value is -1.74. The molecule has 0 fully saturated rings. The predicted molar refractivity (Wildman–Crippen MR) is 74.7 cm³/mol. The lowest BCUT2D eigenvalue weighted by Crippen LogP contribution is -2.20. The van der Waals surface area contributed by atoms with Crippen molar-refractivity contribution in [2.45, 2.75) is 26.3 Å². The minimum absolute atomic E-state index is 0.0213. The molecule has 2 aromatic rings. The molecule has 1 aromatic heterocycles. The van der Waals surface area contributed by atoms with Crippen LogP contribution in [0, 0.1) is 6.92 Å². The summed E-state index contributed by atoms with van der Waals surface area (Å²) in [7, 11) is 0. The van der Waals surface area contributed by atoms with Crippen LogP contribution in [0.5, 0.6) is 0 Å². The minimum Gasteiger partial charge on any atom is -0.464 e. The molecule has 3 N–H and O–H groups in total. The van der Waals surface area contributed by atoms with Crippen molar-refractivity contribution >= 4 is 5.69 Å². The average molecular weight is 244 g/mol. The second-order valence-electron chi connectivity index (χ2n) is 4.46. The third-order valence-corrected chi connectivity index (χ3v) is 3.00. The Morgan fingerprint density at radius 1 is 1.17 bits per heavy atom. The zero-order chi connectivity index (χ0) is 13.0. The van der Waals surface area contributed by atoms with Crippen molar-refractivity contribution in [3.63, 3.8) is 0 Å². The van der Waals surface area contributed by atoms with Gasteiger partial charge in [0, 0.05) is 18.7 Å². The van der Waals surface area contributed by atoms with E-state index in [0.29, 0.717) is 6.54 Å². The summed E-state index contributed by atoms with van der Waals surface area (Å²) >= 11 is 0. The Labute approximate surface area is 108 Å². The van der Waals surface area contributed by atoms with Crippen LogP contribution in [0.25, 0.3) is 0 Å². The van der Waals surface area contributed by atoms with Crippen LogP contribution in [0.2, 0.25) is 0 Å². The molecule has 0 bridgehead atoms. The van der Waals surface area contributed by atoms with Gasteiger partial charge in [-0.25, -0.2) is 0 Å². The molecule has 0 aliphatic carbocycles. The molecule has 0 amide bonds. The Balaban J connectivity index is 2.11. The van der Waals surface area contributed by atoms with Crippen LogP contribution in [0.3, 0.4) is 0 Å². The zero-order valence-corrected chi connectivity index (χ0v) is 10.9. The van der Waals surface area contributed by atoms with Crippen molar-refractivity contribution in [1.82, 2.24) is 0 Å². The largest absolute Gasteiger partial charge is 0.464 e. The highest BCUT2D eigenvalue weighted by molar-refractivity contribution is 5.46. The smallest absolute Gasteiger partial charge is 0.127 e. The molecule has 1 aromatic carbocycles. The second-order valence-corrected chi connectivity index (χ2v) is 4.46. The van der Waals surface area contributed by atoms with Crippen molar-refractivity contribution in [2.24, 2.45) is 5.73 Å². The maximum absolute atomic E-state index is 5.81. The van der Waals surface area contributed by atoms with Crippen molar-refractivity contribution < 1.29 is 4.42 Å². The van der Waals surface area contributed by atoms with Gasteiger partial charge in [0.25, 0.3) is 0 Å². The molecule has 0 radical (unpaired) electrons. The number of hydrogen-bond acceptors (Lipinski definition) is 3. The molecule has 0 aliphatic rings. The van der Waals surface area contributed by atoms with E-state index < -0.39 is 0 Å². The number of hydrogen-bond donors (Lipinski definition) is 2. The molecule has 1 atom stereocenters. The maximum atomic E-state index is 5.81. The summed E-state index contributed by atoms with van der Waals surface area (Å²) in [6, 6.07) is 12.3. The van der Waals surface area contributed by atoms with Gasteiger partial charge in [-0.3, -0.25) is 0 Å². The van der Waals surface area contributed by atoms with Crippen molar-refractivity contribution in [3.05, 3.63) is 53.5 Å². The monoisotopic (exact) mass is 244 g/mol. The topological polar surface area (TPSA) is 51.2 Å². The normalized spacial score (nSPS) is 12.4. The maximum Gasteiger partial charge on any atom is 0.127 e. The molecule has 0 aliphatic heterocycles. The number of nitrogens with one attached hydrogen (secondary N) is 1. The fourth-order valence-electron chi connectivity index (χ4n) is 1.87. The second kappa shape index (κ2) is 5.74. The SMILES string of the molecule is CCc1ccc(C(CN)Nc2ccc(C)cc2)o1. The van der Waals surface area contributed by atoms with Crippen LogP contribution in [-0.2, 0) is 6.42 Å². The Bertz CT molecular complexity index is 487. The Morgan fingerprint density at radius 3 is 2.44 bits per heavy atom. The van der Waals surface area contributed by atoms with E-state index in [4.69, 9.17) is 10.2 Å². The summed E-state index contributed by atoms with van der Waals surface area (Å²) in [5, 5.41) is 3.39. The number of benzene rings is 1. The number of anilines is 1. The third kappa shape index (κ3) is 2.93. The molecule has 3 nitrogen and oxygen atoms in total. The highest BCUT2D eigenvalue weighted by Crippen LogP contribution is 2.21. The number of furan rings is 1. The summed E-state index contributed by atoms with van der Waals surface area (Å²) in [5.74, 6) is 1.89. The van der Waals surface area contributed by atoms with Gasteiger partial charge in [-0.1, -0.05) is 24.6 Å². The van der Waals surface area contributed by atoms with Crippen LogP contribution in [0.1, 0.15) is 30.0 Å². The fourth-order valence-corrected chi connectivity index (χ4v) is 1.87. The standard InChI is InChI=1S/C15H20N2O/c1-3-13-8-9-15(18-13)14(10-16)17-12-6-4-11(2)5-7-12/h4-9,14,17H,3,10,16H2,1-2H3. The Kier molecular flexibility index (Phi) is 4.05. The number of nitrogens with two attached hydrogens (primary N) is 1. The summed E-state index contributed by atoms with van der Waals surface area (Å²) < 4.78 is 5.74. The highest BCUT2D eigenvalue weighted by atomic mass is 16.3. The molecule has 3 heteroatoms. The van der Waals surface area contributed by atoms with Gasteiger partial charge in [-0.05, 0) is 31.2 Å². The van der Waals surface area contributed by atoms with E-state index in [1.165, 1.54) is 5.56 Å². The fraction of sp³-hybridized carbons (Fsp3) is 0.333. The summed E-state index contributed by atoms with van der Waals surface area (Å²) in [4.78, 5) is 0.